The first kappa shape index (κ1) is 20.7. The highest BCUT2D eigenvalue weighted by Crippen LogP contribution is 2.31. The Labute approximate surface area is 173 Å². The van der Waals surface area contributed by atoms with Gasteiger partial charge in [-0.15, -0.1) is 0 Å². The molecule has 0 radical (unpaired) electrons. The predicted octanol–water partition coefficient (Wildman–Crippen LogP) is 2.99. The van der Waals surface area contributed by atoms with Gasteiger partial charge in [-0.3, -0.25) is 14.4 Å². The van der Waals surface area contributed by atoms with Crippen LogP contribution < -0.4 is 21.3 Å². The van der Waals surface area contributed by atoms with Crippen molar-refractivity contribution in [3.05, 3.63) is 67.7 Å². The maximum atomic E-state index is 12.8. The second-order valence-corrected chi connectivity index (χ2v) is 7.16. The highest BCUT2D eigenvalue weighted by Gasteiger charge is 2.17. The van der Waals surface area contributed by atoms with E-state index in [1.165, 1.54) is 9.13 Å². The van der Waals surface area contributed by atoms with Crippen LogP contribution in [0.3, 0.4) is 0 Å². The molecule has 0 aliphatic rings. The van der Waals surface area contributed by atoms with Crippen LogP contribution in [0.25, 0.3) is 11.0 Å². The number of hydrogen-bond donors (Lipinski definition) is 1. The molecule has 0 aliphatic carbocycles. The number of nitrogens with one attached hydrogen (secondary N) is 1. The van der Waals surface area contributed by atoms with Crippen LogP contribution in [-0.4, -0.2) is 28.1 Å². The summed E-state index contributed by atoms with van der Waals surface area (Å²) in [6, 6.07) is 10.2. The Morgan fingerprint density at radius 2 is 1.48 bits per heavy atom. The molecule has 0 saturated heterocycles. The van der Waals surface area contributed by atoms with Crippen molar-refractivity contribution in [2.24, 2.45) is 14.1 Å². The molecule has 3 aromatic rings. The number of carbonyl (C=O) groups is 1. The van der Waals surface area contributed by atoms with E-state index < -0.39 is 11.1 Å². The standard InChI is InChI=1S/C21H23ClN4O3/c1-5-26(6-2)16-12-18-17(24(3)20(28)21(29)25(18)4)11-15(16)23-19(27)13-7-9-14(22)10-8-13/h7-12H,5-6H2,1-4H3,(H,23,27). The minimum Gasteiger partial charge on any atom is -0.370 e. The molecule has 29 heavy (non-hydrogen) atoms. The molecule has 8 heteroatoms. The summed E-state index contributed by atoms with van der Waals surface area (Å²) in [7, 11) is 3.12. The first-order valence-electron chi connectivity index (χ1n) is 9.34. The van der Waals surface area contributed by atoms with E-state index in [1.807, 2.05) is 19.9 Å². The van der Waals surface area contributed by atoms with Crippen molar-refractivity contribution >= 4 is 39.9 Å². The molecular formula is C21H23ClN4O3. The fraction of sp³-hybridized carbons (Fsp3) is 0.286. The normalized spacial score (nSPS) is 10.9. The molecule has 0 spiro atoms. The lowest BCUT2D eigenvalue weighted by atomic mass is 10.1. The van der Waals surface area contributed by atoms with Crippen molar-refractivity contribution in [1.82, 2.24) is 9.13 Å². The molecule has 2 aromatic carbocycles. The quantitative estimate of drug-likeness (QED) is 0.651. The summed E-state index contributed by atoms with van der Waals surface area (Å²) in [6.45, 7) is 5.45. The Hall–Kier alpha value is -3.06. The number of nitrogens with zero attached hydrogens (tertiary/aromatic N) is 3. The zero-order valence-electron chi connectivity index (χ0n) is 16.8. The summed E-state index contributed by atoms with van der Waals surface area (Å²) in [5.41, 5.74) is 1.76. The van der Waals surface area contributed by atoms with Crippen LogP contribution >= 0.6 is 11.6 Å². The average Bonchev–Trinajstić information content (AvgIpc) is 2.72. The number of amides is 1. The number of fused-ring (bicyclic) bond motifs is 1. The van der Waals surface area contributed by atoms with Gasteiger partial charge in [0.15, 0.2) is 0 Å². The largest absolute Gasteiger partial charge is 0.370 e. The molecule has 1 heterocycles. The molecule has 1 amide bonds. The molecule has 0 unspecified atom stereocenters. The average molecular weight is 415 g/mol. The van der Waals surface area contributed by atoms with Crippen LogP contribution in [0, 0.1) is 0 Å². The number of benzene rings is 2. The second-order valence-electron chi connectivity index (χ2n) is 6.72. The summed E-state index contributed by atoms with van der Waals surface area (Å²) < 4.78 is 2.65. The minimum atomic E-state index is -0.620. The number of hydrogen-bond acceptors (Lipinski definition) is 4. The lowest BCUT2D eigenvalue weighted by Crippen LogP contribution is -2.39. The number of anilines is 2. The molecule has 0 fully saturated rings. The Kier molecular flexibility index (Phi) is 5.79. The van der Waals surface area contributed by atoms with E-state index in [4.69, 9.17) is 11.6 Å². The molecule has 0 aliphatic heterocycles. The van der Waals surface area contributed by atoms with Crippen molar-refractivity contribution < 1.29 is 4.79 Å². The first-order chi connectivity index (χ1) is 13.8. The second kappa shape index (κ2) is 8.13. The van der Waals surface area contributed by atoms with Gasteiger partial charge in [0, 0.05) is 37.8 Å². The van der Waals surface area contributed by atoms with Gasteiger partial charge in [0.2, 0.25) is 0 Å². The maximum absolute atomic E-state index is 12.8. The third-order valence-electron chi connectivity index (χ3n) is 5.07. The van der Waals surface area contributed by atoms with Gasteiger partial charge in [-0.25, -0.2) is 0 Å². The lowest BCUT2D eigenvalue weighted by Gasteiger charge is -2.25. The van der Waals surface area contributed by atoms with Crippen molar-refractivity contribution in [2.75, 3.05) is 23.3 Å². The van der Waals surface area contributed by atoms with Gasteiger partial charge in [-0.1, -0.05) is 11.6 Å². The van der Waals surface area contributed by atoms with Gasteiger partial charge in [0.05, 0.1) is 22.4 Å². The van der Waals surface area contributed by atoms with E-state index in [0.717, 1.165) is 5.69 Å². The predicted molar refractivity (Wildman–Crippen MR) is 117 cm³/mol. The highest BCUT2D eigenvalue weighted by molar-refractivity contribution is 6.30. The first-order valence-corrected chi connectivity index (χ1v) is 9.71. The van der Waals surface area contributed by atoms with Gasteiger partial charge in [0.25, 0.3) is 5.91 Å². The zero-order chi connectivity index (χ0) is 21.3. The van der Waals surface area contributed by atoms with Gasteiger partial charge < -0.3 is 19.4 Å². The number of aryl methyl sites for hydroxylation is 2. The van der Waals surface area contributed by atoms with Crippen LogP contribution in [0.2, 0.25) is 5.02 Å². The fourth-order valence-corrected chi connectivity index (χ4v) is 3.46. The van der Waals surface area contributed by atoms with Gasteiger partial charge >= 0.3 is 11.1 Å². The number of aromatic nitrogens is 2. The van der Waals surface area contributed by atoms with Crippen molar-refractivity contribution in [3.63, 3.8) is 0 Å². The van der Waals surface area contributed by atoms with Crippen molar-refractivity contribution in [2.45, 2.75) is 13.8 Å². The van der Waals surface area contributed by atoms with Gasteiger partial charge in [0.1, 0.15) is 0 Å². The number of carbonyl (C=O) groups excluding carboxylic acids is 1. The molecule has 152 valence electrons. The molecule has 0 atom stereocenters. The van der Waals surface area contributed by atoms with Gasteiger partial charge in [-0.2, -0.15) is 0 Å². The molecular weight excluding hydrogens is 392 g/mol. The monoisotopic (exact) mass is 414 g/mol. The van der Waals surface area contributed by atoms with E-state index in [-0.39, 0.29) is 5.91 Å². The van der Waals surface area contributed by atoms with E-state index >= 15 is 0 Å². The van der Waals surface area contributed by atoms with Crippen LogP contribution in [0.5, 0.6) is 0 Å². The third-order valence-corrected chi connectivity index (χ3v) is 5.32. The third kappa shape index (κ3) is 3.78. The maximum Gasteiger partial charge on any atom is 0.316 e. The van der Waals surface area contributed by atoms with Crippen molar-refractivity contribution in [3.8, 4) is 0 Å². The van der Waals surface area contributed by atoms with Crippen LogP contribution in [0.15, 0.2) is 46.0 Å². The molecule has 1 N–H and O–H groups in total. The smallest absolute Gasteiger partial charge is 0.316 e. The summed E-state index contributed by atoms with van der Waals surface area (Å²) in [6.07, 6.45) is 0. The van der Waals surface area contributed by atoms with Gasteiger partial charge in [-0.05, 0) is 50.2 Å². The molecule has 0 saturated carbocycles. The Balaban J connectivity index is 2.21. The summed E-state index contributed by atoms with van der Waals surface area (Å²) in [4.78, 5) is 39.3. The van der Waals surface area contributed by atoms with E-state index in [2.05, 4.69) is 10.2 Å². The minimum absolute atomic E-state index is 0.288. The Morgan fingerprint density at radius 3 is 2.00 bits per heavy atom. The van der Waals surface area contributed by atoms with Crippen LogP contribution in [-0.2, 0) is 14.1 Å². The summed E-state index contributed by atoms with van der Waals surface area (Å²) >= 11 is 5.91. The Morgan fingerprint density at radius 1 is 0.966 bits per heavy atom. The highest BCUT2D eigenvalue weighted by atomic mass is 35.5. The van der Waals surface area contributed by atoms with Crippen molar-refractivity contribution in [1.29, 1.82) is 0 Å². The van der Waals surface area contributed by atoms with Crippen LogP contribution in [0.4, 0.5) is 11.4 Å². The zero-order valence-corrected chi connectivity index (χ0v) is 17.6. The summed E-state index contributed by atoms with van der Waals surface area (Å²) in [5.74, 6) is -0.288. The SMILES string of the molecule is CCN(CC)c1cc2c(cc1NC(=O)c1ccc(Cl)cc1)n(C)c(=O)c(=O)n2C. The molecule has 0 bridgehead atoms. The molecule has 7 nitrogen and oxygen atoms in total. The number of halogens is 1. The lowest BCUT2D eigenvalue weighted by molar-refractivity contribution is 0.102. The van der Waals surface area contributed by atoms with E-state index in [0.29, 0.717) is 40.4 Å². The summed E-state index contributed by atoms with van der Waals surface area (Å²) in [5, 5.41) is 3.49. The molecule has 1 aromatic heterocycles. The molecule has 3 rings (SSSR count). The van der Waals surface area contributed by atoms with Crippen LogP contribution in [0.1, 0.15) is 24.2 Å². The number of rotatable bonds is 5. The fourth-order valence-electron chi connectivity index (χ4n) is 3.33. The topological polar surface area (TPSA) is 76.3 Å². The van der Waals surface area contributed by atoms with E-state index in [9.17, 15) is 14.4 Å². The van der Waals surface area contributed by atoms with E-state index in [1.54, 1.807) is 44.4 Å². The Bertz CT molecular complexity index is 1190.